The van der Waals surface area contributed by atoms with Crippen LogP contribution in [0.4, 0.5) is 11.8 Å². The number of nitrogens with one attached hydrogen (secondary N) is 2. The predicted octanol–water partition coefficient (Wildman–Crippen LogP) is 2.83. The second-order valence-electron chi connectivity index (χ2n) is 4.74. The molecular weight excluding hydrogens is 240 g/mol. The monoisotopic (exact) mass is 266 g/mol. The number of nitrogens with zero attached hydrogens (tertiary/aromatic N) is 2. The highest BCUT2D eigenvalue weighted by molar-refractivity contribution is 5.47. The first kappa shape index (κ1) is 15.7. The van der Waals surface area contributed by atoms with Gasteiger partial charge in [0.15, 0.2) is 0 Å². The minimum absolute atomic E-state index is 0.294. The van der Waals surface area contributed by atoms with Crippen molar-refractivity contribution in [1.29, 1.82) is 0 Å². The minimum atomic E-state index is 0.294. The average Bonchev–Trinajstić information content (AvgIpc) is 2.40. The SMILES string of the molecule is CCCNc1ncc(C)c(NC(CCC)COC)n1. The van der Waals surface area contributed by atoms with Crippen molar-refractivity contribution < 1.29 is 4.74 Å². The molecule has 0 amide bonds. The van der Waals surface area contributed by atoms with Gasteiger partial charge >= 0.3 is 0 Å². The summed E-state index contributed by atoms with van der Waals surface area (Å²) in [7, 11) is 1.73. The Balaban J connectivity index is 2.73. The Hall–Kier alpha value is -1.36. The van der Waals surface area contributed by atoms with Crippen LogP contribution < -0.4 is 10.6 Å². The zero-order valence-corrected chi connectivity index (χ0v) is 12.5. The lowest BCUT2D eigenvalue weighted by Crippen LogP contribution is -2.26. The number of aromatic nitrogens is 2. The second kappa shape index (κ2) is 8.69. The van der Waals surface area contributed by atoms with Crippen molar-refractivity contribution in [3.05, 3.63) is 11.8 Å². The number of methoxy groups -OCH3 is 1. The predicted molar refractivity (Wildman–Crippen MR) is 79.7 cm³/mol. The van der Waals surface area contributed by atoms with E-state index in [4.69, 9.17) is 4.74 Å². The molecule has 1 atom stereocenters. The molecule has 1 heterocycles. The van der Waals surface area contributed by atoms with Crippen LogP contribution in [0.2, 0.25) is 0 Å². The molecule has 0 aliphatic carbocycles. The Morgan fingerprint density at radius 1 is 1.32 bits per heavy atom. The van der Waals surface area contributed by atoms with Gasteiger partial charge in [0.2, 0.25) is 5.95 Å². The number of hydrogen-bond donors (Lipinski definition) is 2. The lowest BCUT2D eigenvalue weighted by atomic mass is 10.2. The third-order valence-electron chi connectivity index (χ3n) is 2.85. The Bertz CT molecular complexity index is 364. The second-order valence-corrected chi connectivity index (χ2v) is 4.74. The Morgan fingerprint density at radius 3 is 2.74 bits per heavy atom. The summed E-state index contributed by atoms with van der Waals surface area (Å²) in [4.78, 5) is 8.81. The van der Waals surface area contributed by atoms with E-state index in [1.807, 2.05) is 13.1 Å². The molecule has 0 bridgehead atoms. The first-order valence-electron chi connectivity index (χ1n) is 7.04. The fourth-order valence-electron chi connectivity index (χ4n) is 1.85. The number of anilines is 2. The van der Waals surface area contributed by atoms with E-state index in [1.54, 1.807) is 7.11 Å². The maximum atomic E-state index is 5.24. The normalized spacial score (nSPS) is 12.2. The Labute approximate surface area is 116 Å². The molecule has 1 rings (SSSR count). The van der Waals surface area contributed by atoms with Gasteiger partial charge in [0, 0.05) is 25.4 Å². The molecule has 0 aliphatic heterocycles. The summed E-state index contributed by atoms with van der Waals surface area (Å²) < 4.78 is 5.24. The van der Waals surface area contributed by atoms with Gasteiger partial charge in [0.05, 0.1) is 12.6 Å². The molecule has 5 nitrogen and oxygen atoms in total. The molecule has 2 N–H and O–H groups in total. The molecule has 5 heteroatoms. The van der Waals surface area contributed by atoms with E-state index in [2.05, 4.69) is 34.4 Å². The highest BCUT2D eigenvalue weighted by Crippen LogP contribution is 2.15. The first-order valence-corrected chi connectivity index (χ1v) is 7.04. The highest BCUT2D eigenvalue weighted by Gasteiger charge is 2.10. The van der Waals surface area contributed by atoms with Crippen molar-refractivity contribution in [2.24, 2.45) is 0 Å². The summed E-state index contributed by atoms with van der Waals surface area (Å²) in [5.74, 6) is 1.58. The third kappa shape index (κ3) is 5.42. The van der Waals surface area contributed by atoms with Crippen molar-refractivity contribution in [3.8, 4) is 0 Å². The molecule has 1 aromatic heterocycles. The lowest BCUT2D eigenvalue weighted by molar-refractivity contribution is 0.182. The van der Waals surface area contributed by atoms with Crippen LogP contribution >= 0.6 is 0 Å². The Morgan fingerprint density at radius 2 is 2.11 bits per heavy atom. The largest absolute Gasteiger partial charge is 0.383 e. The van der Waals surface area contributed by atoms with Crippen molar-refractivity contribution in [1.82, 2.24) is 9.97 Å². The van der Waals surface area contributed by atoms with Gasteiger partial charge in [-0.1, -0.05) is 20.3 Å². The smallest absolute Gasteiger partial charge is 0.224 e. The molecule has 1 unspecified atom stereocenters. The molecular formula is C14H26N4O. The minimum Gasteiger partial charge on any atom is -0.383 e. The fraction of sp³-hybridized carbons (Fsp3) is 0.714. The van der Waals surface area contributed by atoms with E-state index in [1.165, 1.54) is 0 Å². The van der Waals surface area contributed by atoms with Gasteiger partial charge in [-0.3, -0.25) is 0 Å². The summed E-state index contributed by atoms with van der Waals surface area (Å²) in [5, 5.41) is 6.66. The van der Waals surface area contributed by atoms with Crippen LogP contribution in [0.3, 0.4) is 0 Å². The summed E-state index contributed by atoms with van der Waals surface area (Å²) in [6, 6.07) is 0.294. The standard InChI is InChI=1S/C14H26N4O/c1-5-7-12(10-19-4)17-13-11(3)9-16-14(18-13)15-8-6-2/h9,12H,5-8,10H2,1-4H3,(H2,15,16,17,18). The van der Waals surface area contributed by atoms with E-state index in [9.17, 15) is 0 Å². The number of hydrogen-bond acceptors (Lipinski definition) is 5. The maximum Gasteiger partial charge on any atom is 0.224 e. The highest BCUT2D eigenvalue weighted by atomic mass is 16.5. The van der Waals surface area contributed by atoms with Crippen molar-refractivity contribution in [2.45, 2.75) is 46.1 Å². The fourth-order valence-corrected chi connectivity index (χ4v) is 1.85. The van der Waals surface area contributed by atoms with Crippen LogP contribution in [-0.2, 0) is 4.74 Å². The topological polar surface area (TPSA) is 59.1 Å². The van der Waals surface area contributed by atoms with Gasteiger partial charge in [-0.05, 0) is 19.8 Å². The first-order chi connectivity index (χ1) is 9.21. The van der Waals surface area contributed by atoms with Crippen LogP contribution in [0.5, 0.6) is 0 Å². The van der Waals surface area contributed by atoms with Crippen molar-refractivity contribution in [2.75, 3.05) is 30.9 Å². The molecule has 0 aromatic carbocycles. The molecule has 1 aromatic rings. The Kier molecular flexibility index (Phi) is 7.18. The van der Waals surface area contributed by atoms with E-state index in [0.29, 0.717) is 18.6 Å². The van der Waals surface area contributed by atoms with Gasteiger partial charge < -0.3 is 15.4 Å². The van der Waals surface area contributed by atoms with E-state index in [-0.39, 0.29) is 0 Å². The van der Waals surface area contributed by atoms with Gasteiger partial charge in [-0.25, -0.2) is 4.98 Å². The van der Waals surface area contributed by atoms with Crippen LogP contribution in [0, 0.1) is 6.92 Å². The lowest BCUT2D eigenvalue weighted by Gasteiger charge is -2.19. The number of aryl methyl sites for hydroxylation is 1. The summed E-state index contributed by atoms with van der Waals surface area (Å²) in [5.41, 5.74) is 1.05. The van der Waals surface area contributed by atoms with E-state index < -0.39 is 0 Å². The maximum absolute atomic E-state index is 5.24. The molecule has 0 radical (unpaired) electrons. The molecule has 0 saturated heterocycles. The van der Waals surface area contributed by atoms with Crippen LogP contribution in [-0.4, -0.2) is 36.3 Å². The zero-order chi connectivity index (χ0) is 14.1. The molecule has 0 aliphatic rings. The molecule has 0 saturated carbocycles. The summed E-state index contributed by atoms with van der Waals surface area (Å²) in [6.45, 7) is 7.89. The van der Waals surface area contributed by atoms with Gasteiger partial charge in [-0.15, -0.1) is 0 Å². The van der Waals surface area contributed by atoms with Crippen molar-refractivity contribution in [3.63, 3.8) is 0 Å². The van der Waals surface area contributed by atoms with E-state index >= 15 is 0 Å². The number of rotatable bonds is 9. The van der Waals surface area contributed by atoms with Gasteiger partial charge in [0.25, 0.3) is 0 Å². The average molecular weight is 266 g/mol. The quantitative estimate of drug-likeness (QED) is 0.719. The van der Waals surface area contributed by atoms with Crippen molar-refractivity contribution >= 4 is 11.8 Å². The summed E-state index contributed by atoms with van der Waals surface area (Å²) >= 11 is 0. The van der Waals surface area contributed by atoms with Gasteiger partial charge in [0.1, 0.15) is 5.82 Å². The van der Waals surface area contributed by atoms with Crippen LogP contribution in [0.1, 0.15) is 38.7 Å². The molecule has 0 spiro atoms. The number of ether oxygens (including phenoxy) is 1. The molecule has 19 heavy (non-hydrogen) atoms. The van der Waals surface area contributed by atoms with Gasteiger partial charge in [-0.2, -0.15) is 4.98 Å². The van der Waals surface area contributed by atoms with Crippen LogP contribution in [0.15, 0.2) is 6.20 Å². The molecule has 108 valence electrons. The van der Waals surface area contributed by atoms with Crippen LogP contribution in [0.25, 0.3) is 0 Å². The summed E-state index contributed by atoms with van der Waals surface area (Å²) in [6.07, 6.45) is 5.09. The zero-order valence-electron chi connectivity index (χ0n) is 12.5. The third-order valence-corrected chi connectivity index (χ3v) is 2.85. The molecule has 0 fully saturated rings. The van der Waals surface area contributed by atoms with E-state index in [0.717, 1.165) is 37.2 Å².